The maximum Gasteiger partial charge on any atom is 0.224 e. The standard InChI is InChI=1S/C16H22N4O/c1-18-12-7-17-16(18)14-5-4-10-20(13-14)15(21)6-11-19-8-2-3-9-19/h2-3,7-9,12,14H,4-6,10-11,13H2,1H3/t14-/m0/s1. The third kappa shape index (κ3) is 3.17. The average molecular weight is 286 g/mol. The molecule has 0 radical (unpaired) electrons. The summed E-state index contributed by atoms with van der Waals surface area (Å²) in [5, 5.41) is 0. The minimum atomic E-state index is 0.252. The lowest BCUT2D eigenvalue weighted by Gasteiger charge is -2.32. The third-order valence-corrected chi connectivity index (χ3v) is 4.25. The average Bonchev–Trinajstić information content (AvgIpc) is 3.16. The number of nitrogens with zero attached hydrogens (tertiary/aromatic N) is 4. The molecule has 0 spiro atoms. The fraction of sp³-hybridized carbons (Fsp3) is 0.500. The van der Waals surface area contributed by atoms with Gasteiger partial charge >= 0.3 is 0 Å². The van der Waals surface area contributed by atoms with Crippen LogP contribution in [0.5, 0.6) is 0 Å². The number of aromatic nitrogens is 3. The van der Waals surface area contributed by atoms with E-state index >= 15 is 0 Å². The van der Waals surface area contributed by atoms with Gasteiger partial charge in [0.05, 0.1) is 0 Å². The second-order valence-electron chi connectivity index (χ2n) is 5.75. The highest BCUT2D eigenvalue weighted by molar-refractivity contribution is 5.76. The largest absolute Gasteiger partial charge is 0.354 e. The number of carbonyl (C=O) groups is 1. The number of aryl methyl sites for hydroxylation is 2. The van der Waals surface area contributed by atoms with Crippen molar-refractivity contribution >= 4 is 5.91 Å². The highest BCUT2D eigenvalue weighted by Gasteiger charge is 2.26. The van der Waals surface area contributed by atoms with Gasteiger partial charge in [-0.3, -0.25) is 4.79 Å². The molecule has 5 heteroatoms. The monoisotopic (exact) mass is 286 g/mol. The first-order valence-electron chi connectivity index (χ1n) is 7.60. The van der Waals surface area contributed by atoms with Crippen LogP contribution in [0.3, 0.4) is 0 Å². The Balaban J connectivity index is 1.58. The maximum atomic E-state index is 12.4. The summed E-state index contributed by atoms with van der Waals surface area (Å²) < 4.78 is 4.12. The number of piperidine rings is 1. The highest BCUT2D eigenvalue weighted by atomic mass is 16.2. The quantitative estimate of drug-likeness (QED) is 0.863. The Kier molecular flexibility index (Phi) is 4.08. The molecule has 1 aliphatic rings. The van der Waals surface area contributed by atoms with Crippen LogP contribution in [0.2, 0.25) is 0 Å². The summed E-state index contributed by atoms with van der Waals surface area (Å²) >= 11 is 0. The van der Waals surface area contributed by atoms with E-state index in [1.54, 1.807) is 0 Å². The Morgan fingerprint density at radius 3 is 2.86 bits per heavy atom. The summed E-state index contributed by atoms with van der Waals surface area (Å²) in [5.41, 5.74) is 0. The van der Waals surface area contributed by atoms with E-state index in [1.165, 1.54) is 0 Å². The van der Waals surface area contributed by atoms with Crippen molar-refractivity contribution in [2.24, 2.45) is 7.05 Å². The van der Waals surface area contributed by atoms with Crippen LogP contribution in [-0.2, 0) is 18.4 Å². The van der Waals surface area contributed by atoms with Gasteiger partial charge in [0.15, 0.2) is 0 Å². The molecule has 21 heavy (non-hydrogen) atoms. The molecule has 1 saturated heterocycles. The second kappa shape index (κ2) is 6.16. The molecule has 1 amide bonds. The fourth-order valence-electron chi connectivity index (χ4n) is 3.09. The second-order valence-corrected chi connectivity index (χ2v) is 5.75. The molecule has 1 atom stereocenters. The van der Waals surface area contributed by atoms with Gasteiger partial charge in [0.1, 0.15) is 5.82 Å². The summed E-state index contributed by atoms with van der Waals surface area (Å²) in [5.74, 6) is 1.72. The summed E-state index contributed by atoms with van der Waals surface area (Å²) in [6, 6.07) is 3.98. The number of imidazole rings is 1. The van der Waals surface area contributed by atoms with Crippen LogP contribution in [0, 0.1) is 0 Å². The first-order chi connectivity index (χ1) is 10.2. The van der Waals surface area contributed by atoms with Crippen LogP contribution in [0.15, 0.2) is 36.9 Å². The van der Waals surface area contributed by atoms with Gasteiger partial charge in [-0.2, -0.15) is 0 Å². The lowest BCUT2D eigenvalue weighted by Crippen LogP contribution is -2.40. The number of carbonyl (C=O) groups excluding carboxylic acids is 1. The molecule has 0 aromatic carbocycles. The number of amides is 1. The van der Waals surface area contributed by atoms with Crippen LogP contribution in [0.1, 0.15) is 31.0 Å². The first-order valence-corrected chi connectivity index (χ1v) is 7.60. The Morgan fingerprint density at radius 2 is 2.14 bits per heavy atom. The van der Waals surface area contributed by atoms with Crippen molar-refractivity contribution in [2.75, 3.05) is 13.1 Å². The zero-order valence-corrected chi connectivity index (χ0v) is 12.5. The van der Waals surface area contributed by atoms with Gasteiger partial charge in [-0.15, -0.1) is 0 Å². The van der Waals surface area contributed by atoms with Gasteiger partial charge in [0.2, 0.25) is 5.91 Å². The van der Waals surface area contributed by atoms with Crippen molar-refractivity contribution < 1.29 is 4.79 Å². The van der Waals surface area contributed by atoms with Crippen LogP contribution >= 0.6 is 0 Å². The lowest BCUT2D eigenvalue weighted by molar-refractivity contribution is -0.132. The fourth-order valence-corrected chi connectivity index (χ4v) is 3.09. The molecule has 0 N–H and O–H groups in total. The van der Waals surface area contributed by atoms with Crippen LogP contribution in [0.25, 0.3) is 0 Å². The van der Waals surface area contributed by atoms with Gasteiger partial charge in [0.25, 0.3) is 0 Å². The van der Waals surface area contributed by atoms with Gasteiger partial charge in [-0.05, 0) is 25.0 Å². The molecule has 2 aromatic rings. The maximum absolute atomic E-state index is 12.4. The number of hydrogen-bond donors (Lipinski definition) is 0. The number of hydrogen-bond acceptors (Lipinski definition) is 2. The number of rotatable bonds is 4. The van der Waals surface area contributed by atoms with E-state index in [0.29, 0.717) is 12.3 Å². The van der Waals surface area contributed by atoms with E-state index in [2.05, 4.69) is 14.1 Å². The Hall–Kier alpha value is -2.04. The van der Waals surface area contributed by atoms with Crippen molar-refractivity contribution in [1.29, 1.82) is 0 Å². The van der Waals surface area contributed by atoms with E-state index < -0.39 is 0 Å². The minimum absolute atomic E-state index is 0.252. The van der Waals surface area contributed by atoms with Crippen molar-refractivity contribution in [3.05, 3.63) is 42.7 Å². The normalized spacial score (nSPS) is 18.9. The van der Waals surface area contributed by atoms with Crippen molar-refractivity contribution in [3.63, 3.8) is 0 Å². The molecule has 0 aliphatic carbocycles. The lowest BCUT2D eigenvalue weighted by atomic mass is 9.97. The molecule has 1 aliphatic heterocycles. The molecule has 0 saturated carbocycles. The Morgan fingerprint density at radius 1 is 1.33 bits per heavy atom. The molecule has 2 aromatic heterocycles. The predicted octanol–water partition coefficient (Wildman–Crippen LogP) is 2.02. The van der Waals surface area contributed by atoms with Crippen molar-refractivity contribution in [3.8, 4) is 0 Å². The molecule has 0 bridgehead atoms. The molecule has 5 nitrogen and oxygen atoms in total. The summed E-state index contributed by atoms with van der Waals surface area (Å²) in [6.07, 6.45) is 10.6. The molecular formula is C16H22N4O. The third-order valence-electron chi connectivity index (χ3n) is 4.25. The van der Waals surface area contributed by atoms with E-state index in [0.717, 1.165) is 38.3 Å². The zero-order valence-electron chi connectivity index (χ0n) is 12.5. The van der Waals surface area contributed by atoms with E-state index in [4.69, 9.17) is 0 Å². The van der Waals surface area contributed by atoms with Crippen molar-refractivity contribution in [1.82, 2.24) is 19.0 Å². The molecule has 1 fully saturated rings. The molecule has 112 valence electrons. The Labute approximate surface area is 125 Å². The van der Waals surface area contributed by atoms with Gasteiger partial charge in [0, 0.05) is 63.8 Å². The van der Waals surface area contributed by atoms with E-state index in [9.17, 15) is 4.79 Å². The topological polar surface area (TPSA) is 43.1 Å². The molecule has 0 unspecified atom stereocenters. The summed E-state index contributed by atoms with van der Waals surface area (Å²) in [4.78, 5) is 18.8. The predicted molar refractivity (Wildman–Crippen MR) is 80.8 cm³/mol. The summed E-state index contributed by atoms with van der Waals surface area (Å²) in [7, 11) is 2.02. The summed E-state index contributed by atoms with van der Waals surface area (Å²) in [6.45, 7) is 2.44. The smallest absolute Gasteiger partial charge is 0.224 e. The Bertz CT molecular complexity index is 587. The van der Waals surface area contributed by atoms with Crippen LogP contribution in [0.4, 0.5) is 0 Å². The number of likely N-dealkylation sites (tertiary alicyclic amines) is 1. The van der Waals surface area contributed by atoms with Crippen LogP contribution in [-0.4, -0.2) is 38.0 Å². The molecular weight excluding hydrogens is 264 g/mol. The van der Waals surface area contributed by atoms with Gasteiger partial charge in [-0.25, -0.2) is 4.98 Å². The SMILES string of the molecule is Cn1ccnc1[C@H]1CCCN(C(=O)CCn2cccc2)C1. The van der Waals surface area contributed by atoms with E-state index in [-0.39, 0.29) is 5.91 Å². The van der Waals surface area contributed by atoms with E-state index in [1.807, 2.05) is 48.9 Å². The zero-order chi connectivity index (χ0) is 14.7. The molecule has 3 heterocycles. The minimum Gasteiger partial charge on any atom is -0.354 e. The van der Waals surface area contributed by atoms with Gasteiger partial charge < -0.3 is 14.0 Å². The highest BCUT2D eigenvalue weighted by Crippen LogP contribution is 2.25. The molecule has 3 rings (SSSR count). The van der Waals surface area contributed by atoms with Crippen molar-refractivity contribution in [2.45, 2.75) is 31.7 Å². The van der Waals surface area contributed by atoms with Gasteiger partial charge in [-0.1, -0.05) is 0 Å². The first kappa shape index (κ1) is 13.9. The van der Waals surface area contributed by atoms with Crippen LogP contribution < -0.4 is 0 Å².